The van der Waals surface area contributed by atoms with Crippen LogP contribution in [0.1, 0.15) is 6.42 Å². The van der Waals surface area contributed by atoms with Crippen molar-refractivity contribution < 1.29 is 9.53 Å². The van der Waals surface area contributed by atoms with E-state index in [1.165, 1.54) is 0 Å². The molecule has 1 aliphatic rings. The van der Waals surface area contributed by atoms with Crippen molar-refractivity contribution in [2.24, 2.45) is 0 Å². The highest BCUT2D eigenvalue weighted by Gasteiger charge is 2.28. The number of hydrogen-bond acceptors (Lipinski definition) is 4. The lowest BCUT2D eigenvalue weighted by Crippen LogP contribution is -2.31. The molecule has 0 aromatic carbocycles. The Balaban J connectivity index is 2.06. The summed E-state index contributed by atoms with van der Waals surface area (Å²) in [5.74, 6) is 1.33. The Morgan fingerprint density at radius 1 is 1.56 bits per heavy atom. The van der Waals surface area contributed by atoms with Gasteiger partial charge in [-0.2, -0.15) is 4.98 Å². The number of likely N-dealkylation sites (N-methyl/N-ethyl adjacent to an activating group) is 1. The number of amides is 1. The fourth-order valence-corrected chi connectivity index (χ4v) is 1.74. The zero-order valence-corrected chi connectivity index (χ0v) is 9.43. The average molecular weight is 221 g/mol. The highest BCUT2D eigenvalue weighted by molar-refractivity contribution is 5.86. The van der Waals surface area contributed by atoms with Crippen LogP contribution in [-0.4, -0.2) is 42.5 Å². The molecule has 86 valence electrons. The molecule has 0 spiro atoms. The monoisotopic (exact) mass is 221 g/mol. The summed E-state index contributed by atoms with van der Waals surface area (Å²) in [6.07, 6.45) is 0.814. The summed E-state index contributed by atoms with van der Waals surface area (Å²) in [4.78, 5) is 17.6. The second-order valence-corrected chi connectivity index (χ2v) is 3.81. The molecule has 2 rings (SSSR count). The molecule has 1 amide bonds. The lowest BCUT2D eigenvalue weighted by atomic mass is 10.2. The molecule has 2 heterocycles. The summed E-state index contributed by atoms with van der Waals surface area (Å²) in [7, 11) is 3.38. The summed E-state index contributed by atoms with van der Waals surface area (Å²) >= 11 is 0. The number of methoxy groups -OCH3 is 1. The molecule has 1 aromatic rings. The summed E-state index contributed by atoms with van der Waals surface area (Å²) < 4.78 is 5.02. The third-order valence-corrected chi connectivity index (χ3v) is 2.68. The molecule has 5 nitrogen and oxygen atoms in total. The van der Waals surface area contributed by atoms with Gasteiger partial charge in [0, 0.05) is 19.7 Å². The maximum absolute atomic E-state index is 11.7. The zero-order valence-electron chi connectivity index (χ0n) is 9.43. The van der Waals surface area contributed by atoms with Gasteiger partial charge in [0.2, 0.25) is 11.8 Å². The number of likely N-dealkylation sites (tertiary alicyclic amines) is 1. The number of aromatic nitrogens is 1. The first-order valence-electron chi connectivity index (χ1n) is 5.23. The largest absolute Gasteiger partial charge is 0.481 e. The SMILES string of the molecule is COc1cccc(NC2CCN(C)C2=O)n1. The van der Waals surface area contributed by atoms with E-state index in [-0.39, 0.29) is 11.9 Å². The van der Waals surface area contributed by atoms with Crippen molar-refractivity contribution in [3.8, 4) is 5.88 Å². The predicted molar refractivity (Wildman–Crippen MR) is 60.5 cm³/mol. The molecule has 1 aromatic heterocycles. The topological polar surface area (TPSA) is 54.5 Å². The van der Waals surface area contributed by atoms with E-state index in [9.17, 15) is 4.79 Å². The van der Waals surface area contributed by atoms with Crippen LogP contribution in [0, 0.1) is 0 Å². The Labute approximate surface area is 94.4 Å². The van der Waals surface area contributed by atoms with Crippen molar-refractivity contribution in [2.45, 2.75) is 12.5 Å². The fraction of sp³-hybridized carbons (Fsp3) is 0.455. The molecule has 0 radical (unpaired) electrons. The number of hydrogen-bond donors (Lipinski definition) is 1. The van der Waals surface area contributed by atoms with Gasteiger partial charge in [-0.25, -0.2) is 0 Å². The lowest BCUT2D eigenvalue weighted by molar-refractivity contribution is -0.127. The molecule has 1 saturated heterocycles. The molecular formula is C11H15N3O2. The van der Waals surface area contributed by atoms with Crippen molar-refractivity contribution in [2.75, 3.05) is 26.0 Å². The van der Waals surface area contributed by atoms with Gasteiger partial charge in [-0.05, 0) is 12.5 Å². The first kappa shape index (κ1) is 10.7. The van der Waals surface area contributed by atoms with E-state index in [1.807, 2.05) is 19.2 Å². The average Bonchev–Trinajstić information content (AvgIpc) is 2.61. The maximum Gasteiger partial charge on any atom is 0.244 e. The van der Waals surface area contributed by atoms with Crippen molar-refractivity contribution >= 4 is 11.7 Å². The smallest absolute Gasteiger partial charge is 0.244 e. The number of anilines is 1. The molecule has 0 saturated carbocycles. The summed E-state index contributed by atoms with van der Waals surface area (Å²) in [5.41, 5.74) is 0. The minimum Gasteiger partial charge on any atom is -0.481 e. The van der Waals surface area contributed by atoms with Crippen LogP contribution >= 0.6 is 0 Å². The van der Waals surface area contributed by atoms with E-state index in [4.69, 9.17) is 4.74 Å². The van der Waals surface area contributed by atoms with E-state index in [0.717, 1.165) is 13.0 Å². The number of carbonyl (C=O) groups is 1. The quantitative estimate of drug-likeness (QED) is 0.817. The third kappa shape index (κ3) is 2.08. The van der Waals surface area contributed by atoms with Crippen molar-refractivity contribution in [1.82, 2.24) is 9.88 Å². The van der Waals surface area contributed by atoms with Crippen LogP contribution in [0.15, 0.2) is 18.2 Å². The van der Waals surface area contributed by atoms with Crippen LogP contribution in [0.2, 0.25) is 0 Å². The standard InChI is InChI=1S/C11H15N3O2/c1-14-7-6-8(11(14)15)12-9-4-3-5-10(13-9)16-2/h3-5,8H,6-7H2,1-2H3,(H,12,13). The molecule has 1 atom stereocenters. The molecule has 1 unspecified atom stereocenters. The molecule has 0 bridgehead atoms. The van der Waals surface area contributed by atoms with Crippen LogP contribution in [0.4, 0.5) is 5.82 Å². The van der Waals surface area contributed by atoms with Crippen molar-refractivity contribution in [1.29, 1.82) is 0 Å². The van der Waals surface area contributed by atoms with E-state index in [2.05, 4.69) is 10.3 Å². The summed E-state index contributed by atoms with van der Waals surface area (Å²) in [6, 6.07) is 5.28. The van der Waals surface area contributed by atoms with Gasteiger partial charge in [-0.15, -0.1) is 0 Å². The molecule has 1 N–H and O–H groups in total. The molecule has 5 heteroatoms. The lowest BCUT2D eigenvalue weighted by Gasteiger charge is -2.13. The van der Waals surface area contributed by atoms with Gasteiger partial charge in [0.25, 0.3) is 0 Å². The minimum absolute atomic E-state index is 0.115. The van der Waals surface area contributed by atoms with E-state index < -0.39 is 0 Å². The highest BCUT2D eigenvalue weighted by Crippen LogP contribution is 2.16. The van der Waals surface area contributed by atoms with Crippen molar-refractivity contribution in [3.63, 3.8) is 0 Å². The van der Waals surface area contributed by atoms with Gasteiger partial charge in [0.1, 0.15) is 11.9 Å². The molecule has 1 aliphatic heterocycles. The first-order chi connectivity index (χ1) is 7.70. The van der Waals surface area contributed by atoms with Crippen LogP contribution in [0.25, 0.3) is 0 Å². The Morgan fingerprint density at radius 3 is 3.00 bits per heavy atom. The Morgan fingerprint density at radius 2 is 2.38 bits per heavy atom. The van der Waals surface area contributed by atoms with E-state index in [1.54, 1.807) is 18.1 Å². The highest BCUT2D eigenvalue weighted by atomic mass is 16.5. The Hall–Kier alpha value is -1.78. The second-order valence-electron chi connectivity index (χ2n) is 3.81. The molecule has 1 fully saturated rings. The van der Waals surface area contributed by atoms with Crippen LogP contribution in [0.5, 0.6) is 5.88 Å². The van der Waals surface area contributed by atoms with Gasteiger partial charge in [-0.3, -0.25) is 4.79 Å². The number of ether oxygens (including phenoxy) is 1. The van der Waals surface area contributed by atoms with Gasteiger partial charge in [0.15, 0.2) is 0 Å². The van der Waals surface area contributed by atoms with E-state index in [0.29, 0.717) is 11.7 Å². The molecule has 16 heavy (non-hydrogen) atoms. The van der Waals surface area contributed by atoms with Gasteiger partial charge in [0.05, 0.1) is 7.11 Å². The van der Waals surface area contributed by atoms with Gasteiger partial charge in [-0.1, -0.05) is 6.07 Å². The van der Waals surface area contributed by atoms with Gasteiger partial charge >= 0.3 is 0 Å². The van der Waals surface area contributed by atoms with Crippen molar-refractivity contribution in [3.05, 3.63) is 18.2 Å². The molecular weight excluding hydrogens is 206 g/mol. The Bertz CT molecular complexity index is 395. The normalized spacial score (nSPS) is 20.0. The maximum atomic E-state index is 11.7. The second kappa shape index (κ2) is 4.38. The van der Waals surface area contributed by atoms with Crippen LogP contribution < -0.4 is 10.1 Å². The minimum atomic E-state index is -0.162. The summed E-state index contributed by atoms with van der Waals surface area (Å²) in [5, 5.41) is 3.11. The number of carbonyl (C=O) groups excluding carboxylic acids is 1. The van der Waals surface area contributed by atoms with Crippen LogP contribution in [-0.2, 0) is 4.79 Å². The van der Waals surface area contributed by atoms with E-state index >= 15 is 0 Å². The predicted octanol–water partition coefficient (Wildman–Crippen LogP) is 0.733. The molecule has 0 aliphatic carbocycles. The van der Waals surface area contributed by atoms with Gasteiger partial charge < -0.3 is 15.0 Å². The third-order valence-electron chi connectivity index (χ3n) is 2.68. The number of pyridine rings is 1. The fourth-order valence-electron chi connectivity index (χ4n) is 1.74. The number of nitrogens with one attached hydrogen (secondary N) is 1. The number of nitrogens with zero attached hydrogens (tertiary/aromatic N) is 2. The number of rotatable bonds is 3. The first-order valence-corrected chi connectivity index (χ1v) is 5.23. The summed E-state index contributed by atoms with van der Waals surface area (Å²) in [6.45, 7) is 0.792. The van der Waals surface area contributed by atoms with Crippen LogP contribution in [0.3, 0.4) is 0 Å². The zero-order chi connectivity index (χ0) is 11.5. The Kier molecular flexibility index (Phi) is 2.94.